The zero-order chi connectivity index (χ0) is 18.4. The first-order chi connectivity index (χ1) is 13.2. The molecule has 1 aliphatic heterocycles. The largest absolute Gasteiger partial charge is 0.339 e. The van der Waals surface area contributed by atoms with E-state index in [9.17, 15) is 4.79 Å². The number of likely N-dealkylation sites (N-methyl/N-ethyl adjacent to an activating group) is 1. The fourth-order valence-corrected chi connectivity index (χ4v) is 3.82. The molecule has 7 heteroatoms. The lowest BCUT2D eigenvalue weighted by Gasteiger charge is -2.38. The molecule has 1 saturated heterocycles. The second-order valence-corrected chi connectivity index (χ2v) is 7.51. The number of aromatic nitrogens is 4. The van der Waals surface area contributed by atoms with Gasteiger partial charge in [0.25, 0.3) is 0 Å². The van der Waals surface area contributed by atoms with Crippen molar-refractivity contribution >= 4 is 11.4 Å². The maximum atomic E-state index is 12.5. The van der Waals surface area contributed by atoms with Gasteiger partial charge >= 0.3 is 0 Å². The van der Waals surface area contributed by atoms with E-state index >= 15 is 0 Å². The number of pyridine rings is 2. The van der Waals surface area contributed by atoms with Gasteiger partial charge in [-0.15, -0.1) is 5.10 Å². The van der Waals surface area contributed by atoms with Crippen LogP contribution in [0.1, 0.15) is 24.6 Å². The molecule has 5 rings (SSSR count). The number of hydrogen-bond donors (Lipinski definition) is 0. The third-order valence-electron chi connectivity index (χ3n) is 5.66. The Labute approximate surface area is 157 Å². The number of hydrogen-bond acceptors (Lipinski definition) is 5. The summed E-state index contributed by atoms with van der Waals surface area (Å²) in [7, 11) is 2.10. The Hall–Kier alpha value is -2.80. The third-order valence-corrected chi connectivity index (χ3v) is 5.66. The Morgan fingerprint density at radius 2 is 1.89 bits per heavy atom. The summed E-state index contributed by atoms with van der Waals surface area (Å²) in [5, 5.41) is 8.83. The van der Waals surface area contributed by atoms with Gasteiger partial charge in [-0.2, -0.15) is 0 Å². The smallest absolute Gasteiger partial charge is 0.225 e. The Morgan fingerprint density at radius 1 is 1.07 bits per heavy atom. The fraction of sp³-hybridized carbons (Fsp3) is 0.400. The van der Waals surface area contributed by atoms with Gasteiger partial charge < -0.3 is 4.90 Å². The zero-order valence-corrected chi connectivity index (χ0v) is 15.3. The predicted molar refractivity (Wildman–Crippen MR) is 101 cm³/mol. The maximum absolute atomic E-state index is 12.5. The van der Waals surface area contributed by atoms with Crippen LogP contribution in [0.2, 0.25) is 0 Å². The van der Waals surface area contributed by atoms with E-state index < -0.39 is 0 Å². The first-order valence-corrected chi connectivity index (χ1v) is 9.45. The number of nitrogens with zero attached hydrogens (tertiary/aromatic N) is 6. The van der Waals surface area contributed by atoms with Crippen LogP contribution in [0.5, 0.6) is 0 Å². The van der Waals surface area contributed by atoms with E-state index in [1.165, 1.54) is 0 Å². The molecule has 2 aliphatic rings. The van der Waals surface area contributed by atoms with Crippen LogP contribution in [0, 0.1) is 5.92 Å². The Kier molecular flexibility index (Phi) is 3.89. The molecule has 3 aromatic heterocycles. The molecule has 4 heterocycles. The van der Waals surface area contributed by atoms with Crippen molar-refractivity contribution in [3.63, 3.8) is 0 Å². The third kappa shape index (κ3) is 2.98. The standard InChI is InChI=1S/C20H22N6O/c1-24-10-11-25(20(27)15-2-3-15)13-18(24)19-17-5-4-16(12-26(17)23-22-19)14-6-8-21-9-7-14/h4-9,12,15,18H,2-3,10-11,13H2,1H3/t18-/m0/s1. The Bertz CT molecular complexity index is 981. The molecule has 1 aliphatic carbocycles. The summed E-state index contributed by atoms with van der Waals surface area (Å²) in [5.41, 5.74) is 4.10. The van der Waals surface area contributed by atoms with Crippen molar-refractivity contribution in [2.24, 2.45) is 5.92 Å². The molecule has 0 bridgehead atoms. The van der Waals surface area contributed by atoms with Crippen molar-refractivity contribution in [1.82, 2.24) is 29.6 Å². The molecule has 0 unspecified atom stereocenters. The fourth-order valence-electron chi connectivity index (χ4n) is 3.82. The quantitative estimate of drug-likeness (QED) is 0.713. The molecule has 0 aromatic carbocycles. The topological polar surface area (TPSA) is 66.6 Å². The number of fused-ring (bicyclic) bond motifs is 1. The van der Waals surface area contributed by atoms with Gasteiger partial charge in [0, 0.05) is 49.7 Å². The lowest BCUT2D eigenvalue weighted by molar-refractivity contribution is -0.135. The summed E-state index contributed by atoms with van der Waals surface area (Å²) in [4.78, 5) is 20.9. The molecule has 1 saturated carbocycles. The monoisotopic (exact) mass is 362 g/mol. The number of carbonyl (C=O) groups is 1. The molecule has 138 valence electrons. The van der Waals surface area contributed by atoms with Gasteiger partial charge in [-0.3, -0.25) is 14.7 Å². The SMILES string of the molecule is CN1CCN(C(=O)C2CC2)C[C@H]1c1nnn2cc(-c3ccncc3)ccc12. The molecular weight excluding hydrogens is 340 g/mol. The Balaban J connectivity index is 1.46. The molecule has 0 spiro atoms. The molecule has 1 amide bonds. The number of rotatable bonds is 3. The lowest BCUT2D eigenvalue weighted by atomic mass is 10.1. The van der Waals surface area contributed by atoms with Crippen LogP contribution in [-0.4, -0.2) is 62.2 Å². The molecule has 2 fully saturated rings. The highest BCUT2D eigenvalue weighted by molar-refractivity contribution is 5.81. The molecule has 27 heavy (non-hydrogen) atoms. The van der Waals surface area contributed by atoms with Gasteiger partial charge in [-0.1, -0.05) is 11.3 Å². The number of piperazine rings is 1. The van der Waals surface area contributed by atoms with Crippen molar-refractivity contribution in [1.29, 1.82) is 0 Å². The molecule has 3 aromatic rings. The van der Waals surface area contributed by atoms with Gasteiger partial charge in [0.05, 0.1) is 11.6 Å². The van der Waals surface area contributed by atoms with Crippen LogP contribution in [0.4, 0.5) is 0 Å². The van der Waals surface area contributed by atoms with Crippen molar-refractivity contribution < 1.29 is 4.79 Å². The highest BCUT2D eigenvalue weighted by Crippen LogP contribution is 2.34. The maximum Gasteiger partial charge on any atom is 0.225 e. The van der Waals surface area contributed by atoms with E-state index in [1.54, 1.807) is 12.4 Å². The van der Waals surface area contributed by atoms with E-state index in [2.05, 4.69) is 39.4 Å². The van der Waals surface area contributed by atoms with Crippen LogP contribution in [0.15, 0.2) is 42.9 Å². The van der Waals surface area contributed by atoms with Crippen molar-refractivity contribution in [3.8, 4) is 11.1 Å². The van der Waals surface area contributed by atoms with Gasteiger partial charge in [0.15, 0.2) is 0 Å². The van der Waals surface area contributed by atoms with Gasteiger partial charge in [-0.05, 0) is 43.7 Å². The van der Waals surface area contributed by atoms with Gasteiger partial charge in [-0.25, -0.2) is 4.52 Å². The van der Waals surface area contributed by atoms with E-state index in [0.717, 1.165) is 48.3 Å². The van der Waals surface area contributed by atoms with Crippen molar-refractivity contribution in [3.05, 3.63) is 48.5 Å². The molecule has 0 radical (unpaired) electrons. The summed E-state index contributed by atoms with van der Waals surface area (Å²) in [6, 6.07) is 8.20. The van der Waals surface area contributed by atoms with E-state index in [0.29, 0.717) is 12.5 Å². The van der Waals surface area contributed by atoms with E-state index in [-0.39, 0.29) is 12.0 Å². The molecular formula is C20H22N6O. The summed E-state index contributed by atoms with van der Waals surface area (Å²) in [6.45, 7) is 2.34. The van der Waals surface area contributed by atoms with Crippen LogP contribution < -0.4 is 0 Å². The van der Waals surface area contributed by atoms with Gasteiger partial charge in [0.2, 0.25) is 5.91 Å². The minimum absolute atomic E-state index is 0.0747. The van der Waals surface area contributed by atoms with E-state index in [4.69, 9.17) is 0 Å². The van der Waals surface area contributed by atoms with E-state index in [1.807, 2.05) is 27.7 Å². The molecule has 0 N–H and O–H groups in total. The summed E-state index contributed by atoms with van der Waals surface area (Å²) in [5.74, 6) is 0.568. The predicted octanol–water partition coefficient (Wildman–Crippen LogP) is 2.02. The summed E-state index contributed by atoms with van der Waals surface area (Å²) >= 11 is 0. The highest BCUT2D eigenvalue weighted by Gasteiger charge is 2.37. The van der Waals surface area contributed by atoms with Crippen LogP contribution in [0.3, 0.4) is 0 Å². The normalized spacial score (nSPS) is 20.9. The number of carbonyl (C=O) groups excluding carboxylic acids is 1. The average Bonchev–Trinajstić information content (AvgIpc) is 3.48. The van der Waals surface area contributed by atoms with Crippen molar-refractivity contribution in [2.45, 2.75) is 18.9 Å². The van der Waals surface area contributed by atoms with Crippen molar-refractivity contribution in [2.75, 3.05) is 26.7 Å². The first kappa shape index (κ1) is 16.4. The zero-order valence-electron chi connectivity index (χ0n) is 15.3. The minimum atomic E-state index is 0.0747. The second-order valence-electron chi connectivity index (χ2n) is 7.51. The van der Waals surface area contributed by atoms with Crippen LogP contribution in [0.25, 0.3) is 16.6 Å². The average molecular weight is 362 g/mol. The lowest BCUT2D eigenvalue weighted by Crippen LogP contribution is -2.49. The Morgan fingerprint density at radius 3 is 2.67 bits per heavy atom. The van der Waals surface area contributed by atoms with Gasteiger partial charge in [0.1, 0.15) is 5.69 Å². The molecule has 7 nitrogen and oxygen atoms in total. The highest BCUT2D eigenvalue weighted by atomic mass is 16.2. The molecule has 1 atom stereocenters. The van der Waals surface area contributed by atoms with Crippen LogP contribution >= 0.6 is 0 Å². The van der Waals surface area contributed by atoms with Crippen LogP contribution in [-0.2, 0) is 4.79 Å². The minimum Gasteiger partial charge on any atom is -0.339 e. The second kappa shape index (κ2) is 6.42. The summed E-state index contributed by atoms with van der Waals surface area (Å²) < 4.78 is 1.83. The number of amides is 1. The summed E-state index contributed by atoms with van der Waals surface area (Å²) in [6.07, 6.45) is 7.66. The first-order valence-electron chi connectivity index (χ1n) is 9.45.